The van der Waals surface area contributed by atoms with Crippen LogP contribution in [-0.4, -0.2) is 11.7 Å². The molecule has 1 rings (SSSR count). The van der Waals surface area contributed by atoms with E-state index in [2.05, 4.69) is 32.9 Å². The van der Waals surface area contributed by atoms with Gasteiger partial charge < -0.3 is 5.11 Å². The van der Waals surface area contributed by atoms with E-state index in [-0.39, 0.29) is 0 Å². The van der Waals surface area contributed by atoms with Crippen LogP contribution < -0.4 is 0 Å². The fourth-order valence-corrected chi connectivity index (χ4v) is 0.793. The Morgan fingerprint density at radius 3 is 1.85 bits per heavy atom. The highest BCUT2D eigenvalue weighted by molar-refractivity contribution is 5.11. The molecule has 0 radical (unpaired) electrons. The van der Waals surface area contributed by atoms with Crippen molar-refractivity contribution in [3.8, 4) is 0 Å². The second-order valence-corrected chi connectivity index (χ2v) is 3.56. The van der Waals surface area contributed by atoms with E-state index in [1.807, 2.05) is 18.2 Å². The van der Waals surface area contributed by atoms with Crippen LogP contribution in [0.3, 0.4) is 0 Å². The molecule has 0 aliphatic heterocycles. The van der Waals surface area contributed by atoms with Crippen molar-refractivity contribution in [2.24, 2.45) is 5.92 Å². The number of benzene rings is 1. The lowest BCUT2D eigenvalue weighted by Crippen LogP contribution is -1.89. The molecule has 1 aromatic rings. The Kier molecular flexibility index (Phi) is 7.32. The average molecular weight is 180 g/mol. The van der Waals surface area contributed by atoms with E-state index < -0.39 is 0 Å². The number of hydrogen-bond donors (Lipinski definition) is 1. The summed E-state index contributed by atoms with van der Waals surface area (Å²) >= 11 is 0. The van der Waals surface area contributed by atoms with Gasteiger partial charge in [-0.3, -0.25) is 0 Å². The van der Waals surface area contributed by atoms with Crippen molar-refractivity contribution < 1.29 is 5.11 Å². The van der Waals surface area contributed by atoms with Crippen LogP contribution >= 0.6 is 0 Å². The maximum Gasteiger partial charge on any atom is 0.0433 e. The number of aliphatic hydroxyl groups excluding tert-OH is 1. The number of hydrogen-bond acceptors (Lipinski definition) is 1. The van der Waals surface area contributed by atoms with Crippen molar-refractivity contribution >= 4 is 0 Å². The van der Waals surface area contributed by atoms with Crippen LogP contribution in [0, 0.1) is 12.8 Å². The molecular formula is C12H20O. The molecule has 1 aromatic carbocycles. The molecule has 0 saturated heterocycles. The quantitative estimate of drug-likeness (QED) is 0.741. The SMILES string of the molecule is CC(C)CCO.Cc1ccccc1. The van der Waals surface area contributed by atoms with Crippen LogP contribution in [0.1, 0.15) is 25.8 Å². The summed E-state index contributed by atoms with van der Waals surface area (Å²) in [7, 11) is 0. The fourth-order valence-electron chi connectivity index (χ4n) is 0.793. The topological polar surface area (TPSA) is 20.2 Å². The summed E-state index contributed by atoms with van der Waals surface area (Å²) in [6.45, 7) is 6.60. The van der Waals surface area contributed by atoms with Gasteiger partial charge in [0, 0.05) is 6.61 Å². The Labute approximate surface area is 81.4 Å². The van der Waals surface area contributed by atoms with E-state index in [1.165, 1.54) is 5.56 Å². The summed E-state index contributed by atoms with van der Waals surface area (Å²) in [5.41, 5.74) is 1.32. The highest BCUT2D eigenvalue weighted by Crippen LogP contribution is 1.94. The number of aryl methyl sites for hydroxylation is 1. The van der Waals surface area contributed by atoms with Gasteiger partial charge in [0.2, 0.25) is 0 Å². The molecule has 0 bridgehead atoms. The molecular weight excluding hydrogens is 160 g/mol. The lowest BCUT2D eigenvalue weighted by Gasteiger charge is -1.95. The summed E-state index contributed by atoms with van der Waals surface area (Å²) in [6, 6.07) is 10.3. The van der Waals surface area contributed by atoms with Crippen LogP contribution in [0.25, 0.3) is 0 Å². The zero-order chi connectivity index (χ0) is 10.1. The Morgan fingerprint density at radius 1 is 1.15 bits per heavy atom. The van der Waals surface area contributed by atoms with E-state index in [4.69, 9.17) is 5.11 Å². The Balaban J connectivity index is 0.000000226. The molecule has 0 fully saturated rings. The highest BCUT2D eigenvalue weighted by atomic mass is 16.2. The lowest BCUT2D eigenvalue weighted by molar-refractivity contribution is 0.268. The molecule has 0 aromatic heterocycles. The van der Waals surface area contributed by atoms with E-state index in [0.29, 0.717) is 12.5 Å². The first-order chi connectivity index (χ1) is 6.16. The van der Waals surface area contributed by atoms with Gasteiger partial charge in [-0.15, -0.1) is 0 Å². The first-order valence-corrected chi connectivity index (χ1v) is 4.79. The van der Waals surface area contributed by atoms with Crippen LogP contribution in [0.4, 0.5) is 0 Å². The van der Waals surface area contributed by atoms with Gasteiger partial charge in [-0.2, -0.15) is 0 Å². The number of rotatable bonds is 2. The molecule has 0 saturated carbocycles. The Hall–Kier alpha value is -0.820. The van der Waals surface area contributed by atoms with Crippen molar-refractivity contribution in [3.63, 3.8) is 0 Å². The monoisotopic (exact) mass is 180 g/mol. The summed E-state index contributed by atoms with van der Waals surface area (Å²) in [6.07, 6.45) is 0.931. The second-order valence-electron chi connectivity index (χ2n) is 3.56. The van der Waals surface area contributed by atoms with Crippen molar-refractivity contribution in [2.45, 2.75) is 27.2 Å². The van der Waals surface area contributed by atoms with Gasteiger partial charge in [0.25, 0.3) is 0 Å². The third kappa shape index (κ3) is 9.09. The molecule has 1 nitrogen and oxygen atoms in total. The maximum atomic E-state index is 8.24. The van der Waals surface area contributed by atoms with Crippen LogP contribution in [0.2, 0.25) is 0 Å². The first kappa shape index (κ1) is 12.2. The zero-order valence-electron chi connectivity index (χ0n) is 8.83. The normalized spacial score (nSPS) is 9.31. The Morgan fingerprint density at radius 2 is 1.69 bits per heavy atom. The molecule has 0 amide bonds. The molecule has 0 aliphatic carbocycles. The van der Waals surface area contributed by atoms with Crippen molar-refractivity contribution in [1.82, 2.24) is 0 Å². The number of aliphatic hydroxyl groups is 1. The zero-order valence-corrected chi connectivity index (χ0v) is 8.83. The highest BCUT2D eigenvalue weighted by Gasteiger charge is 1.86. The molecule has 0 spiro atoms. The van der Waals surface area contributed by atoms with E-state index in [0.717, 1.165) is 6.42 Å². The van der Waals surface area contributed by atoms with Gasteiger partial charge >= 0.3 is 0 Å². The van der Waals surface area contributed by atoms with Gasteiger partial charge in [0.15, 0.2) is 0 Å². The average Bonchev–Trinajstić information content (AvgIpc) is 2.06. The maximum absolute atomic E-state index is 8.24. The van der Waals surface area contributed by atoms with Crippen molar-refractivity contribution in [2.75, 3.05) is 6.61 Å². The first-order valence-electron chi connectivity index (χ1n) is 4.79. The van der Waals surface area contributed by atoms with Crippen LogP contribution in [0.5, 0.6) is 0 Å². The van der Waals surface area contributed by atoms with Gasteiger partial charge in [0.05, 0.1) is 0 Å². The standard InChI is InChI=1S/C7H8.C5H12O/c1-7-5-3-2-4-6-7;1-5(2)3-4-6/h2-6H,1H3;5-6H,3-4H2,1-2H3. The van der Waals surface area contributed by atoms with E-state index in [1.54, 1.807) is 0 Å². The molecule has 1 heteroatoms. The van der Waals surface area contributed by atoms with Gasteiger partial charge in [-0.25, -0.2) is 0 Å². The van der Waals surface area contributed by atoms with E-state index in [9.17, 15) is 0 Å². The molecule has 1 N–H and O–H groups in total. The summed E-state index contributed by atoms with van der Waals surface area (Å²) in [4.78, 5) is 0. The summed E-state index contributed by atoms with van der Waals surface area (Å²) in [5, 5.41) is 8.24. The lowest BCUT2D eigenvalue weighted by atomic mass is 10.2. The Bertz CT molecular complexity index is 192. The van der Waals surface area contributed by atoms with Crippen LogP contribution in [-0.2, 0) is 0 Å². The molecule has 0 unspecified atom stereocenters. The molecule has 0 atom stereocenters. The largest absolute Gasteiger partial charge is 0.396 e. The van der Waals surface area contributed by atoms with Crippen LogP contribution in [0.15, 0.2) is 30.3 Å². The second kappa shape index (κ2) is 7.81. The minimum Gasteiger partial charge on any atom is -0.396 e. The molecule has 13 heavy (non-hydrogen) atoms. The summed E-state index contributed by atoms with van der Waals surface area (Å²) < 4.78 is 0. The van der Waals surface area contributed by atoms with Crippen molar-refractivity contribution in [1.29, 1.82) is 0 Å². The molecule has 74 valence electrons. The third-order valence-corrected chi connectivity index (χ3v) is 1.65. The predicted octanol–water partition coefficient (Wildman–Crippen LogP) is 3.02. The van der Waals surface area contributed by atoms with Gasteiger partial charge in [-0.1, -0.05) is 49.7 Å². The minimum atomic E-state index is 0.331. The summed E-state index contributed by atoms with van der Waals surface area (Å²) in [5.74, 6) is 0.648. The van der Waals surface area contributed by atoms with Crippen molar-refractivity contribution in [3.05, 3.63) is 35.9 Å². The van der Waals surface area contributed by atoms with Gasteiger partial charge in [-0.05, 0) is 19.3 Å². The minimum absolute atomic E-state index is 0.331. The molecule has 0 aliphatic rings. The smallest absolute Gasteiger partial charge is 0.0433 e. The fraction of sp³-hybridized carbons (Fsp3) is 0.500. The predicted molar refractivity (Wildman–Crippen MR) is 57.7 cm³/mol. The van der Waals surface area contributed by atoms with Gasteiger partial charge in [0.1, 0.15) is 0 Å². The third-order valence-electron chi connectivity index (χ3n) is 1.65. The van der Waals surface area contributed by atoms with E-state index >= 15 is 0 Å². The molecule has 0 heterocycles.